The average Bonchev–Trinajstić information content (AvgIpc) is 2.53. The van der Waals surface area contributed by atoms with E-state index in [4.69, 9.17) is 0 Å². The SMILES string of the molecule is CN(Cc1ncc[nH]1)C(=O)CC(F)(F)F. The molecule has 0 saturated carbocycles. The molecule has 1 aromatic rings. The van der Waals surface area contributed by atoms with Crippen molar-refractivity contribution in [3.63, 3.8) is 0 Å². The molecule has 4 nitrogen and oxygen atoms in total. The quantitative estimate of drug-likeness (QED) is 0.836. The predicted octanol–water partition coefficient (Wildman–Crippen LogP) is 1.32. The Morgan fingerprint density at radius 3 is 2.73 bits per heavy atom. The molecule has 0 spiro atoms. The van der Waals surface area contributed by atoms with Crippen LogP contribution in [0.3, 0.4) is 0 Å². The maximum absolute atomic E-state index is 11.9. The van der Waals surface area contributed by atoms with E-state index < -0.39 is 18.5 Å². The predicted molar refractivity (Wildman–Crippen MR) is 45.7 cm³/mol. The summed E-state index contributed by atoms with van der Waals surface area (Å²) < 4.78 is 35.6. The number of hydrogen-bond acceptors (Lipinski definition) is 2. The van der Waals surface area contributed by atoms with Gasteiger partial charge in [-0.25, -0.2) is 4.98 Å². The molecule has 0 aliphatic rings. The van der Waals surface area contributed by atoms with Crippen LogP contribution in [0.15, 0.2) is 12.4 Å². The van der Waals surface area contributed by atoms with Gasteiger partial charge in [0.1, 0.15) is 12.2 Å². The fraction of sp³-hybridized carbons (Fsp3) is 0.500. The number of amides is 1. The number of nitrogens with one attached hydrogen (secondary N) is 1. The zero-order chi connectivity index (χ0) is 11.5. The molecule has 1 aromatic heterocycles. The highest BCUT2D eigenvalue weighted by Crippen LogP contribution is 2.20. The number of aromatic nitrogens is 2. The molecule has 0 fully saturated rings. The van der Waals surface area contributed by atoms with Crippen LogP contribution in [0, 0.1) is 0 Å². The van der Waals surface area contributed by atoms with E-state index in [1.54, 1.807) is 0 Å². The summed E-state index contributed by atoms with van der Waals surface area (Å²) in [5, 5.41) is 0. The number of halogens is 3. The number of nitrogens with zero attached hydrogens (tertiary/aromatic N) is 2. The molecular formula is C8H10F3N3O. The maximum atomic E-state index is 11.9. The second kappa shape index (κ2) is 4.33. The second-order valence-electron chi connectivity index (χ2n) is 3.08. The number of imidazole rings is 1. The molecule has 1 rings (SSSR count). The minimum Gasteiger partial charge on any atom is -0.347 e. The van der Waals surface area contributed by atoms with Crippen LogP contribution >= 0.6 is 0 Å². The van der Waals surface area contributed by atoms with Gasteiger partial charge in [-0.2, -0.15) is 13.2 Å². The topological polar surface area (TPSA) is 49.0 Å². The van der Waals surface area contributed by atoms with E-state index in [2.05, 4.69) is 9.97 Å². The highest BCUT2D eigenvalue weighted by Gasteiger charge is 2.32. The van der Waals surface area contributed by atoms with Crippen molar-refractivity contribution < 1.29 is 18.0 Å². The van der Waals surface area contributed by atoms with E-state index in [1.807, 2.05) is 0 Å². The number of H-pyrrole nitrogens is 1. The first kappa shape index (κ1) is 11.5. The molecule has 84 valence electrons. The molecule has 0 aliphatic carbocycles. The standard InChI is InChI=1S/C8H10F3N3O/c1-14(5-6-12-2-3-13-6)7(15)4-8(9,10)11/h2-3H,4-5H2,1H3,(H,12,13). The number of alkyl halides is 3. The molecule has 0 bridgehead atoms. The van der Waals surface area contributed by atoms with Crippen LogP contribution in [0.5, 0.6) is 0 Å². The van der Waals surface area contributed by atoms with Gasteiger partial charge in [0.25, 0.3) is 0 Å². The smallest absolute Gasteiger partial charge is 0.347 e. The first-order chi connectivity index (χ1) is 6.88. The molecule has 0 atom stereocenters. The van der Waals surface area contributed by atoms with Gasteiger partial charge in [0.15, 0.2) is 0 Å². The lowest BCUT2D eigenvalue weighted by molar-refractivity contribution is -0.160. The Balaban J connectivity index is 2.47. The first-order valence-electron chi connectivity index (χ1n) is 4.17. The summed E-state index contributed by atoms with van der Waals surface area (Å²) in [7, 11) is 1.30. The van der Waals surface area contributed by atoms with Crippen molar-refractivity contribution in [3.05, 3.63) is 18.2 Å². The van der Waals surface area contributed by atoms with Crippen LogP contribution in [-0.2, 0) is 11.3 Å². The number of carbonyl (C=O) groups excluding carboxylic acids is 1. The molecule has 0 radical (unpaired) electrons. The average molecular weight is 221 g/mol. The summed E-state index contributed by atoms with van der Waals surface area (Å²) in [5.41, 5.74) is 0. The van der Waals surface area contributed by atoms with Gasteiger partial charge in [-0.05, 0) is 0 Å². The van der Waals surface area contributed by atoms with E-state index in [9.17, 15) is 18.0 Å². The van der Waals surface area contributed by atoms with E-state index in [1.165, 1.54) is 19.4 Å². The Labute approximate surface area is 84.1 Å². The van der Waals surface area contributed by atoms with Crippen molar-refractivity contribution in [2.45, 2.75) is 19.1 Å². The first-order valence-corrected chi connectivity index (χ1v) is 4.17. The molecule has 0 saturated heterocycles. The van der Waals surface area contributed by atoms with Gasteiger partial charge in [0, 0.05) is 19.4 Å². The molecule has 0 aromatic carbocycles. The van der Waals surface area contributed by atoms with Crippen LogP contribution in [0.4, 0.5) is 13.2 Å². The molecule has 1 heterocycles. The van der Waals surface area contributed by atoms with Gasteiger partial charge in [0.05, 0.1) is 6.54 Å². The summed E-state index contributed by atoms with van der Waals surface area (Å²) in [5.74, 6) is -0.521. The van der Waals surface area contributed by atoms with E-state index >= 15 is 0 Å². The number of rotatable bonds is 3. The summed E-state index contributed by atoms with van der Waals surface area (Å²) in [4.78, 5) is 18.5. The van der Waals surface area contributed by atoms with Crippen LogP contribution in [0.1, 0.15) is 12.2 Å². The maximum Gasteiger partial charge on any atom is 0.397 e. The number of aromatic amines is 1. The van der Waals surface area contributed by atoms with Crippen molar-refractivity contribution in [3.8, 4) is 0 Å². The Hall–Kier alpha value is -1.53. The van der Waals surface area contributed by atoms with Crippen molar-refractivity contribution in [1.82, 2.24) is 14.9 Å². The summed E-state index contributed by atoms with van der Waals surface area (Å²) in [6, 6.07) is 0. The van der Waals surface area contributed by atoms with Crippen LogP contribution < -0.4 is 0 Å². The third-order valence-electron chi connectivity index (χ3n) is 1.72. The minimum absolute atomic E-state index is 0.0436. The van der Waals surface area contributed by atoms with E-state index in [0.29, 0.717) is 5.82 Å². The van der Waals surface area contributed by atoms with E-state index in [-0.39, 0.29) is 6.54 Å². The molecular weight excluding hydrogens is 211 g/mol. The van der Waals surface area contributed by atoms with E-state index in [0.717, 1.165) is 4.90 Å². The minimum atomic E-state index is -4.46. The zero-order valence-electron chi connectivity index (χ0n) is 8.01. The van der Waals surface area contributed by atoms with Crippen molar-refractivity contribution in [2.24, 2.45) is 0 Å². The Kier molecular flexibility index (Phi) is 3.33. The lowest BCUT2D eigenvalue weighted by atomic mass is 10.3. The third-order valence-corrected chi connectivity index (χ3v) is 1.72. The van der Waals surface area contributed by atoms with Gasteiger partial charge in [-0.1, -0.05) is 0 Å². The second-order valence-corrected chi connectivity index (χ2v) is 3.08. The van der Waals surface area contributed by atoms with Gasteiger partial charge in [-0.15, -0.1) is 0 Å². The Bertz CT molecular complexity index is 320. The van der Waals surface area contributed by atoms with Crippen molar-refractivity contribution in [1.29, 1.82) is 0 Å². The third kappa shape index (κ3) is 4.01. The zero-order valence-corrected chi connectivity index (χ0v) is 8.01. The fourth-order valence-electron chi connectivity index (χ4n) is 1.00. The molecule has 7 heteroatoms. The van der Waals surface area contributed by atoms with Crippen LogP contribution in [0.2, 0.25) is 0 Å². The monoisotopic (exact) mass is 221 g/mol. The summed E-state index contributed by atoms with van der Waals surface area (Å²) >= 11 is 0. The highest BCUT2D eigenvalue weighted by atomic mass is 19.4. The lowest BCUT2D eigenvalue weighted by Crippen LogP contribution is -2.30. The highest BCUT2D eigenvalue weighted by molar-refractivity contribution is 5.76. The van der Waals surface area contributed by atoms with Gasteiger partial charge in [0.2, 0.25) is 5.91 Å². The lowest BCUT2D eigenvalue weighted by Gasteiger charge is -2.16. The fourth-order valence-corrected chi connectivity index (χ4v) is 1.00. The molecule has 0 aliphatic heterocycles. The van der Waals surface area contributed by atoms with Gasteiger partial charge < -0.3 is 9.88 Å². The van der Waals surface area contributed by atoms with Gasteiger partial charge >= 0.3 is 6.18 Å². The van der Waals surface area contributed by atoms with Crippen molar-refractivity contribution >= 4 is 5.91 Å². The number of hydrogen-bond donors (Lipinski definition) is 1. The van der Waals surface area contributed by atoms with Crippen molar-refractivity contribution in [2.75, 3.05) is 7.05 Å². The molecule has 1 amide bonds. The normalized spacial score (nSPS) is 11.5. The Morgan fingerprint density at radius 1 is 1.60 bits per heavy atom. The molecule has 0 unspecified atom stereocenters. The largest absolute Gasteiger partial charge is 0.397 e. The number of carbonyl (C=O) groups is 1. The Morgan fingerprint density at radius 2 is 2.27 bits per heavy atom. The molecule has 1 N–H and O–H groups in total. The summed E-state index contributed by atoms with van der Waals surface area (Å²) in [6.07, 6.45) is -2.90. The van der Waals surface area contributed by atoms with Crippen LogP contribution in [-0.4, -0.2) is 34.0 Å². The molecule has 15 heavy (non-hydrogen) atoms. The van der Waals surface area contributed by atoms with Crippen LogP contribution in [0.25, 0.3) is 0 Å². The summed E-state index contributed by atoms with van der Waals surface area (Å²) in [6.45, 7) is 0.0436. The van der Waals surface area contributed by atoms with Gasteiger partial charge in [-0.3, -0.25) is 4.79 Å².